The number of likely N-dealkylation sites (tertiary alicyclic amines) is 1. The Hall–Kier alpha value is -1.32. The predicted molar refractivity (Wildman–Crippen MR) is 80.5 cm³/mol. The number of amides is 1. The van der Waals surface area contributed by atoms with E-state index >= 15 is 0 Å². The minimum Gasteiger partial charge on any atom is -0.342 e. The van der Waals surface area contributed by atoms with E-state index in [0.29, 0.717) is 5.92 Å². The Kier molecular flexibility index (Phi) is 4.21. The predicted octanol–water partition coefficient (Wildman–Crippen LogP) is 2.78. The largest absolute Gasteiger partial charge is 0.342 e. The van der Waals surface area contributed by atoms with Crippen LogP contribution in [0.25, 0.3) is 0 Å². The molecule has 112 valence electrons. The Morgan fingerprint density at radius 1 is 1.30 bits per heavy atom. The summed E-state index contributed by atoms with van der Waals surface area (Å²) >= 11 is 0. The van der Waals surface area contributed by atoms with Crippen LogP contribution in [0, 0.1) is 25.2 Å². The molecule has 0 aliphatic carbocycles. The van der Waals surface area contributed by atoms with Gasteiger partial charge in [0.1, 0.15) is 0 Å². The molecule has 1 saturated heterocycles. The first-order valence-corrected chi connectivity index (χ1v) is 7.58. The van der Waals surface area contributed by atoms with Gasteiger partial charge in [0.15, 0.2) is 0 Å². The first-order chi connectivity index (χ1) is 9.27. The standard InChI is InChI=1S/C16H27N3O/c1-12-10-13(2)19(17-12)11-14-6-8-18(9-7-14)15(20)16(3,4)5/h10,14H,6-9,11H2,1-5H3. The normalized spacial score (nSPS) is 17.6. The minimum atomic E-state index is -0.261. The molecule has 0 saturated carbocycles. The summed E-state index contributed by atoms with van der Waals surface area (Å²) in [6, 6.07) is 2.12. The Morgan fingerprint density at radius 2 is 1.90 bits per heavy atom. The molecule has 2 heterocycles. The third-order valence-electron chi connectivity index (χ3n) is 4.08. The quantitative estimate of drug-likeness (QED) is 0.833. The van der Waals surface area contributed by atoms with Crippen molar-refractivity contribution in [1.82, 2.24) is 14.7 Å². The van der Waals surface area contributed by atoms with Gasteiger partial charge in [-0.1, -0.05) is 20.8 Å². The molecule has 20 heavy (non-hydrogen) atoms. The van der Waals surface area contributed by atoms with Crippen LogP contribution in [0.4, 0.5) is 0 Å². The van der Waals surface area contributed by atoms with Crippen molar-refractivity contribution in [2.75, 3.05) is 13.1 Å². The molecular weight excluding hydrogens is 250 g/mol. The van der Waals surface area contributed by atoms with E-state index in [2.05, 4.69) is 22.8 Å². The number of rotatable bonds is 2. The molecule has 4 heteroatoms. The highest BCUT2D eigenvalue weighted by Crippen LogP contribution is 2.24. The maximum absolute atomic E-state index is 12.3. The van der Waals surface area contributed by atoms with E-state index in [9.17, 15) is 4.79 Å². The van der Waals surface area contributed by atoms with E-state index in [-0.39, 0.29) is 11.3 Å². The molecular formula is C16H27N3O. The van der Waals surface area contributed by atoms with Crippen LogP contribution in [-0.4, -0.2) is 33.7 Å². The van der Waals surface area contributed by atoms with Crippen LogP contribution in [0.15, 0.2) is 6.07 Å². The Labute approximate surface area is 122 Å². The molecule has 0 N–H and O–H groups in total. The number of aromatic nitrogens is 2. The van der Waals surface area contributed by atoms with E-state index in [1.165, 1.54) is 5.69 Å². The van der Waals surface area contributed by atoms with Gasteiger partial charge in [0.05, 0.1) is 5.69 Å². The zero-order valence-electron chi connectivity index (χ0n) is 13.4. The molecule has 1 aromatic heterocycles. The second kappa shape index (κ2) is 5.58. The van der Waals surface area contributed by atoms with E-state index < -0.39 is 0 Å². The number of nitrogens with zero attached hydrogens (tertiary/aromatic N) is 3. The summed E-state index contributed by atoms with van der Waals surface area (Å²) < 4.78 is 2.11. The van der Waals surface area contributed by atoms with Gasteiger partial charge >= 0.3 is 0 Å². The molecule has 0 bridgehead atoms. The van der Waals surface area contributed by atoms with Crippen molar-refractivity contribution in [1.29, 1.82) is 0 Å². The van der Waals surface area contributed by atoms with Crippen molar-refractivity contribution in [3.05, 3.63) is 17.5 Å². The van der Waals surface area contributed by atoms with E-state index in [1.807, 2.05) is 32.6 Å². The summed E-state index contributed by atoms with van der Waals surface area (Å²) in [7, 11) is 0. The summed E-state index contributed by atoms with van der Waals surface area (Å²) in [5.41, 5.74) is 2.06. The second-order valence-corrected chi connectivity index (χ2v) is 7.09. The lowest BCUT2D eigenvalue weighted by atomic mass is 9.91. The van der Waals surface area contributed by atoms with Crippen LogP contribution >= 0.6 is 0 Å². The van der Waals surface area contributed by atoms with Gasteiger partial charge in [-0.05, 0) is 38.7 Å². The topological polar surface area (TPSA) is 38.1 Å². The summed E-state index contributed by atoms with van der Waals surface area (Å²) in [4.78, 5) is 14.3. The lowest BCUT2D eigenvalue weighted by Crippen LogP contribution is -2.44. The molecule has 1 amide bonds. The molecule has 0 radical (unpaired) electrons. The van der Waals surface area contributed by atoms with Crippen LogP contribution in [0.1, 0.15) is 45.0 Å². The zero-order chi connectivity index (χ0) is 14.9. The van der Waals surface area contributed by atoms with Gasteiger partial charge in [-0.25, -0.2) is 0 Å². The molecule has 1 aromatic rings. The highest BCUT2D eigenvalue weighted by atomic mass is 16.2. The number of carbonyl (C=O) groups is 1. The highest BCUT2D eigenvalue weighted by molar-refractivity contribution is 5.81. The number of carbonyl (C=O) groups excluding carboxylic acids is 1. The van der Waals surface area contributed by atoms with Crippen LogP contribution in [0.2, 0.25) is 0 Å². The van der Waals surface area contributed by atoms with Crippen molar-refractivity contribution < 1.29 is 4.79 Å². The zero-order valence-corrected chi connectivity index (χ0v) is 13.4. The first kappa shape index (κ1) is 15.1. The lowest BCUT2D eigenvalue weighted by Gasteiger charge is -2.35. The average Bonchev–Trinajstić information content (AvgIpc) is 2.67. The Morgan fingerprint density at radius 3 is 2.35 bits per heavy atom. The molecule has 0 aromatic carbocycles. The van der Waals surface area contributed by atoms with Crippen molar-refractivity contribution >= 4 is 5.91 Å². The number of piperidine rings is 1. The van der Waals surface area contributed by atoms with Gasteiger partial charge < -0.3 is 4.90 Å². The third kappa shape index (κ3) is 3.41. The second-order valence-electron chi connectivity index (χ2n) is 7.09. The van der Waals surface area contributed by atoms with Gasteiger partial charge in [0.25, 0.3) is 0 Å². The maximum atomic E-state index is 12.3. The lowest BCUT2D eigenvalue weighted by molar-refractivity contribution is -0.140. The SMILES string of the molecule is Cc1cc(C)n(CC2CCN(C(=O)C(C)(C)C)CC2)n1. The smallest absolute Gasteiger partial charge is 0.227 e. The fourth-order valence-corrected chi connectivity index (χ4v) is 2.90. The molecule has 0 spiro atoms. The van der Waals surface area contributed by atoms with Gasteiger partial charge in [-0.15, -0.1) is 0 Å². The minimum absolute atomic E-state index is 0.261. The monoisotopic (exact) mass is 277 g/mol. The molecule has 1 aliphatic heterocycles. The number of aryl methyl sites for hydroxylation is 2. The van der Waals surface area contributed by atoms with Crippen molar-refractivity contribution in [2.45, 2.75) is 54.0 Å². The number of hydrogen-bond donors (Lipinski definition) is 0. The average molecular weight is 277 g/mol. The summed E-state index contributed by atoms with van der Waals surface area (Å²) in [5.74, 6) is 0.916. The van der Waals surface area contributed by atoms with Crippen LogP contribution in [0.5, 0.6) is 0 Å². The molecule has 0 atom stereocenters. The summed E-state index contributed by atoms with van der Waals surface area (Å²) in [6.07, 6.45) is 2.17. The fraction of sp³-hybridized carbons (Fsp3) is 0.750. The Balaban J connectivity index is 1.89. The highest BCUT2D eigenvalue weighted by Gasteiger charge is 2.30. The molecule has 1 aliphatic rings. The van der Waals surface area contributed by atoms with Gasteiger partial charge in [-0.2, -0.15) is 5.10 Å². The van der Waals surface area contributed by atoms with Crippen molar-refractivity contribution in [3.63, 3.8) is 0 Å². The fourth-order valence-electron chi connectivity index (χ4n) is 2.90. The van der Waals surface area contributed by atoms with Crippen molar-refractivity contribution in [3.8, 4) is 0 Å². The van der Waals surface area contributed by atoms with Crippen LogP contribution in [0.3, 0.4) is 0 Å². The van der Waals surface area contributed by atoms with E-state index in [4.69, 9.17) is 0 Å². The molecule has 1 fully saturated rings. The molecule has 4 nitrogen and oxygen atoms in total. The number of hydrogen-bond acceptors (Lipinski definition) is 2. The van der Waals surface area contributed by atoms with Gasteiger partial charge in [0.2, 0.25) is 5.91 Å². The van der Waals surface area contributed by atoms with Crippen LogP contribution < -0.4 is 0 Å². The van der Waals surface area contributed by atoms with Gasteiger partial charge in [-0.3, -0.25) is 9.48 Å². The summed E-state index contributed by atoms with van der Waals surface area (Å²) in [5, 5.41) is 4.53. The Bertz CT molecular complexity index is 476. The first-order valence-electron chi connectivity index (χ1n) is 7.58. The van der Waals surface area contributed by atoms with Crippen molar-refractivity contribution in [2.24, 2.45) is 11.3 Å². The van der Waals surface area contributed by atoms with Gasteiger partial charge in [0, 0.05) is 30.7 Å². The van der Waals surface area contributed by atoms with Crippen LogP contribution in [-0.2, 0) is 11.3 Å². The maximum Gasteiger partial charge on any atom is 0.227 e. The van der Waals surface area contributed by atoms with E-state index in [0.717, 1.165) is 38.2 Å². The molecule has 2 rings (SSSR count). The van der Waals surface area contributed by atoms with E-state index in [1.54, 1.807) is 0 Å². The molecule has 0 unspecified atom stereocenters. The summed E-state index contributed by atoms with van der Waals surface area (Å²) in [6.45, 7) is 12.9. The third-order valence-corrected chi connectivity index (χ3v) is 4.08.